The largest absolute Gasteiger partial charge is 0.389 e. The van der Waals surface area contributed by atoms with E-state index < -0.39 is 36.4 Å². The zero-order chi connectivity index (χ0) is 20.0. The van der Waals surface area contributed by atoms with Crippen LogP contribution in [0.25, 0.3) is 0 Å². The molecule has 0 saturated carbocycles. The lowest BCUT2D eigenvalue weighted by molar-refractivity contribution is -0.153. The van der Waals surface area contributed by atoms with E-state index >= 15 is 0 Å². The first-order chi connectivity index (χ1) is 12.8. The minimum absolute atomic E-state index is 0.0282. The molecule has 0 aliphatic rings. The summed E-state index contributed by atoms with van der Waals surface area (Å²) in [6.07, 6.45) is -2.85. The van der Waals surface area contributed by atoms with Crippen LogP contribution in [0, 0.1) is 0 Å². The summed E-state index contributed by atoms with van der Waals surface area (Å²) in [5.74, 6) is -4.53. The van der Waals surface area contributed by atoms with Crippen molar-refractivity contribution in [2.45, 2.75) is 12.5 Å². The normalized spacial score (nSPS) is 11.4. The molecule has 0 aliphatic heterocycles. The fourth-order valence-corrected chi connectivity index (χ4v) is 2.09. The van der Waals surface area contributed by atoms with E-state index in [1.54, 1.807) is 0 Å². The van der Waals surface area contributed by atoms with Crippen LogP contribution in [0.1, 0.15) is 27.1 Å². The van der Waals surface area contributed by atoms with Crippen LogP contribution in [-0.4, -0.2) is 35.1 Å². The van der Waals surface area contributed by atoms with Crippen molar-refractivity contribution in [3.8, 4) is 0 Å². The maximum absolute atomic E-state index is 11.8. The number of ether oxygens (including phenoxy) is 2. The van der Waals surface area contributed by atoms with Crippen LogP contribution in [0.4, 0.5) is 0 Å². The second kappa shape index (κ2) is 9.27. The molecule has 1 unspecified atom stereocenters. The zero-order valence-corrected chi connectivity index (χ0v) is 15.1. The second-order valence-corrected chi connectivity index (χ2v) is 6.08. The van der Waals surface area contributed by atoms with Gasteiger partial charge in [-0.1, -0.05) is 23.2 Å². The monoisotopic (exact) mass is 410 g/mol. The smallest absolute Gasteiger partial charge is 0.345 e. The highest BCUT2D eigenvalue weighted by Gasteiger charge is 2.26. The van der Waals surface area contributed by atoms with Gasteiger partial charge in [0.25, 0.3) is 0 Å². The van der Waals surface area contributed by atoms with Crippen LogP contribution < -0.4 is 0 Å². The van der Waals surface area contributed by atoms with Crippen LogP contribution in [0.2, 0.25) is 10.0 Å². The van der Waals surface area contributed by atoms with Gasteiger partial charge < -0.3 is 14.6 Å². The van der Waals surface area contributed by atoms with Crippen molar-refractivity contribution in [3.05, 3.63) is 69.7 Å². The highest BCUT2D eigenvalue weighted by atomic mass is 35.5. The summed E-state index contributed by atoms with van der Waals surface area (Å²) in [5.41, 5.74) is 0.0863. The van der Waals surface area contributed by atoms with Gasteiger partial charge in [0, 0.05) is 10.0 Å². The van der Waals surface area contributed by atoms with Crippen LogP contribution in [0.5, 0.6) is 0 Å². The van der Waals surface area contributed by atoms with E-state index in [1.807, 2.05) is 0 Å². The summed E-state index contributed by atoms with van der Waals surface area (Å²) in [5, 5.41) is 10.4. The van der Waals surface area contributed by atoms with Crippen molar-refractivity contribution in [1.29, 1.82) is 0 Å². The number of aliphatic hydroxyl groups is 1. The number of hydrogen-bond acceptors (Lipinski definition) is 7. The molecule has 0 spiro atoms. The standard InChI is InChI=1S/C18H12Cl2O7/c19-12-5-1-10(2-6-12)16(23)26-15(22)9-14(21)18(25)27-17(24)11-3-7-13(20)8-4-11/h1-8,14,21H,9H2. The Labute approximate surface area is 163 Å². The van der Waals surface area contributed by atoms with Gasteiger partial charge in [-0.3, -0.25) is 4.79 Å². The molecule has 2 rings (SSSR count). The summed E-state index contributed by atoms with van der Waals surface area (Å²) in [6.45, 7) is 0. The molecule has 0 aliphatic carbocycles. The third-order valence-electron chi connectivity index (χ3n) is 3.19. The predicted octanol–water partition coefficient (Wildman–Crippen LogP) is 2.81. The lowest BCUT2D eigenvalue weighted by atomic mass is 10.2. The predicted molar refractivity (Wildman–Crippen MR) is 94.4 cm³/mol. The Morgan fingerprint density at radius 3 is 1.63 bits per heavy atom. The molecule has 0 heterocycles. The molecule has 1 N–H and O–H groups in total. The quantitative estimate of drug-likeness (QED) is 0.596. The van der Waals surface area contributed by atoms with Crippen LogP contribution in [0.3, 0.4) is 0 Å². The molecule has 0 amide bonds. The van der Waals surface area contributed by atoms with E-state index in [9.17, 15) is 24.3 Å². The third-order valence-corrected chi connectivity index (χ3v) is 3.70. The summed E-state index contributed by atoms with van der Waals surface area (Å²) < 4.78 is 8.98. The first-order valence-electron chi connectivity index (χ1n) is 7.46. The Morgan fingerprint density at radius 1 is 0.778 bits per heavy atom. The maximum atomic E-state index is 11.8. The number of carbonyl (C=O) groups is 4. The van der Waals surface area contributed by atoms with E-state index in [1.165, 1.54) is 48.5 Å². The number of halogens is 2. The van der Waals surface area contributed by atoms with Gasteiger partial charge in [-0.25, -0.2) is 14.4 Å². The molecule has 1 atom stereocenters. The van der Waals surface area contributed by atoms with Gasteiger partial charge in [0.05, 0.1) is 17.5 Å². The van der Waals surface area contributed by atoms with E-state index in [2.05, 4.69) is 9.47 Å². The summed E-state index contributed by atoms with van der Waals surface area (Å²) >= 11 is 11.4. The van der Waals surface area contributed by atoms with Crippen molar-refractivity contribution in [2.24, 2.45) is 0 Å². The maximum Gasteiger partial charge on any atom is 0.345 e. The van der Waals surface area contributed by atoms with Crippen LogP contribution in [0.15, 0.2) is 48.5 Å². The number of hydrogen-bond donors (Lipinski definition) is 1. The summed E-state index contributed by atoms with van der Waals surface area (Å²) in [6, 6.07) is 11.0. The Hall–Kier alpha value is -2.74. The molecule has 0 saturated heterocycles. The average molecular weight is 411 g/mol. The highest BCUT2D eigenvalue weighted by Crippen LogP contribution is 2.12. The number of aliphatic hydroxyl groups excluding tert-OH is 1. The van der Waals surface area contributed by atoms with Crippen molar-refractivity contribution >= 4 is 47.1 Å². The number of esters is 4. The van der Waals surface area contributed by atoms with Gasteiger partial charge in [0.1, 0.15) is 0 Å². The minimum Gasteiger partial charge on any atom is -0.389 e. The van der Waals surface area contributed by atoms with Gasteiger partial charge in [-0.15, -0.1) is 0 Å². The van der Waals surface area contributed by atoms with Gasteiger partial charge in [-0.05, 0) is 48.5 Å². The van der Waals surface area contributed by atoms with Gasteiger partial charge in [0.2, 0.25) is 0 Å². The molecular formula is C18H12Cl2O7. The molecule has 2 aromatic rings. The number of benzene rings is 2. The van der Waals surface area contributed by atoms with Gasteiger partial charge in [0.15, 0.2) is 6.10 Å². The highest BCUT2D eigenvalue weighted by molar-refractivity contribution is 6.31. The molecular weight excluding hydrogens is 399 g/mol. The SMILES string of the molecule is O=C(CC(O)C(=O)OC(=O)c1ccc(Cl)cc1)OC(=O)c1ccc(Cl)cc1. The molecule has 0 radical (unpaired) electrons. The van der Waals surface area contributed by atoms with E-state index in [4.69, 9.17) is 23.2 Å². The van der Waals surface area contributed by atoms with Crippen molar-refractivity contribution in [1.82, 2.24) is 0 Å². The number of rotatable bonds is 5. The fraction of sp³-hybridized carbons (Fsp3) is 0.111. The Balaban J connectivity index is 1.86. The minimum atomic E-state index is -1.98. The zero-order valence-electron chi connectivity index (χ0n) is 13.6. The summed E-state index contributed by atoms with van der Waals surface area (Å²) in [7, 11) is 0. The second-order valence-electron chi connectivity index (χ2n) is 5.20. The third kappa shape index (κ3) is 6.18. The molecule has 27 heavy (non-hydrogen) atoms. The van der Waals surface area contributed by atoms with Gasteiger partial charge >= 0.3 is 23.9 Å². The molecule has 0 bridgehead atoms. The molecule has 0 fully saturated rings. The lowest BCUT2D eigenvalue weighted by Gasteiger charge is -2.09. The first kappa shape index (κ1) is 20.6. The van der Waals surface area contributed by atoms with Crippen molar-refractivity contribution in [3.63, 3.8) is 0 Å². The Bertz CT molecular complexity index is 860. The van der Waals surface area contributed by atoms with Crippen molar-refractivity contribution in [2.75, 3.05) is 0 Å². The topological polar surface area (TPSA) is 107 Å². The van der Waals surface area contributed by atoms with E-state index in [-0.39, 0.29) is 11.1 Å². The summed E-state index contributed by atoms with van der Waals surface area (Å²) in [4.78, 5) is 46.9. The number of carbonyl (C=O) groups excluding carboxylic acids is 4. The fourth-order valence-electron chi connectivity index (χ4n) is 1.84. The first-order valence-corrected chi connectivity index (χ1v) is 8.22. The Morgan fingerprint density at radius 2 is 1.19 bits per heavy atom. The van der Waals surface area contributed by atoms with Crippen molar-refractivity contribution < 1.29 is 33.8 Å². The average Bonchev–Trinajstić information content (AvgIpc) is 2.62. The molecule has 7 nitrogen and oxygen atoms in total. The van der Waals surface area contributed by atoms with Gasteiger partial charge in [-0.2, -0.15) is 0 Å². The van der Waals surface area contributed by atoms with E-state index in [0.717, 1.165) is 0 Å². The van der Waals surface area contributed by atoms with Crippen LogP contribution >= 0.6 is 23.2 Å². The van der Waals surface area contributed by atoms with E-state index in [0.29, 0.717) is 10.0 Å². The molecule has 0 aromatic heterocycles. The molecule has 2 aromatic carbocycles. The molecule has 9 heteroatoms. The Kier molecular flexibility index (Phi) is 7.06. The molecule has 140 valence electrons. The lowest BCUT2D eigenvalue weighted by Crippen LogP contribution is -2.29. The van der Waals surface area contributed by atoms with Crippen LogP contribution in [-0.2, 0) is 19.1 Å².